The lowest BCUT2D eigenvalue weighted by Crippen LogP contribution is -1.84. The molecule has 1 aromatic rings. The van der Waals surface area contributed by atoms with Crippen molar-refractivity contribution in [3.05, 3.63) is 53.6 Å². The van der Waals surface area contributed by atoms with Crippen LogP contribution in [0.4, 0.5) is 0 Å². The Morgan fingerprint density at radius 2 is 1.93 bits per heavy atom. The summed E-state index contributed by atoms with van der Waals surface area (Å²) in [6.45, 7) is 2.02. The van der Waals surface area contributed by atoms with Crippen LogP contribution in [0.5, 0.6) is 0 Å². The summed E-state index contributed by atoms with van der Waals surface area (Å²) in [7, 11) is 0. The van der Waals surface area contributed by atoms with Crippen LogP contribution in [-0.2, 0) is 4.79 Å². The van der Waals surface area contributed by atoms with E-state index in [0.717, 1.165) is 16.1 Å². The average Bonchev–Trinajstić information content (AvgIpc) is 2.18. The lowest BCUT2D eigenvalue weighted by Gasteiger charge is -1.98. The maximum absolute atomic E-state index is 10.2. The Hall–Kier alpha value is -1.35. The Morgan fingerprint density at radius 1 is 1.33 bits per heavy atom. The fraction of sp³-hybridized carbons (Fsp3) is 0.0833. The first kappa shape index (κ1) is 11.7. The molecule has 0 aromatic heterocycles. The fourth-order valence-electron chi connectivity index (χ4n) is 1.02. The van der Waals surface area contributed by atoms with Gasteiger partial charge in [-0.2, -0.15) is 0 Å². The number of allylic oxidation sites excluding steroid dienone is 2. The minimum absolute atomic E-state index is 0.861. The third kappa shape index (κ3) is 4.13. The molecule has 0 radical (unpaired) electrons. The Balaban J connectivity index is 2.80. The summed E-state index contributed by atoms with van der Waals surface area (Å²) in [5.41, 5.74) is 2.22. The fourth-order valence-corrected chi connectivity index (χ4v) is 1.44. The lowest BCUT2D eigenvalue weighted by molar-refractivity contribution is -0.131. The standard InChI is InChI=1S/C12H11BrO2/c1-9-5-7-10(8-6-9)11(13)3-2-4-12(14)15/h2-8H,1H3,(H,14,15)/b4-2+,11-3-. The summed E-state index contributed by atoms with van der Waals surface area (Å²) < 4.78 is 0.861. The van der Waals surface area contributed by atoms with Gasteiger partial charge in [-0.25, -0.2) is 4.79 Å². The first-order chi connectivity index (χ1) is 7.09. The highest BCUT2D eigenvalue weighted by Crippen LogP contribution is 2.21. The van der Waals surface area contributed by atoms with E-state index in [9.17, 15) is 4.79 Å². The molecule has 1 rings (SSSR count). The van der Waals surface area contributed by atoms with Crippen LogP contribution in [0.1, 0.15) is 11.1 Å². The molecule has 0 atom stereocenters. The molecular weight excluding hydrogens is 256 g/mol. The van der Waals surface area contributed by atoms with E-state index < -0.39 is 5.97 Å². The number of halogens is 1. The van der Waals surface area contributed by atoms with Gasteiger partial charge < -0.3 is 5.11 Å². The molecule has 0 heterocycles. The highest BCUT2D eigenvalue weighted by molar-refractivity contribution is 9.15. The minimum atomic E-state index is -0.949. The van der Waals surface area contributed by atoms with Crippen molar-refractivity contribution in [1.29, 1.82) is 0 Å². The third-order valence-electron chi connectivity index (χ3n) is 1.81. The van der Waals surface area contributed by atoms with E-state index in [1.165, 1.54) is 11.6 Å². The first-order valence-electron chi connectivity index (χ1n) is 4.43. The summed E-state index contributed by atoms with van der Waals surface area (Å²) in [5.74, 6) is -0.949. The van der Waals surface area contributed by atoms with Gasteiger partial charge in [-0.1, -0.05) is 51.8 Å². The number of benzene rings is 1. The van der Waals surface area contributed by atoms with Gasteiger partial charge in [0.15, 0.2) is 0 Å². The molecule has 0 unspecified atom stereocenters. The van der Waals surface area contributed by atoms with Crippen LogP contribution < -0.4 is 0 Å². The molecule has 0 aliphatic rings. The number of aryl methyl sites for hydroxylation is 1. The van der Waals surface area contributed by atoms with Gasteiger partial charge in [0.1, 0.15) is 0 Å². The van der Waals surface area contributed by atoms with Gasteiger partial charge in [0.2, 0.25) is 0 Å². The third-order valence-corrected chi connectivity index (χ3v) is 2.53. The molecule has 0 bridgehead atoms. The molecule has 15 heavy (non-hydrogen) atoms. The average molecular weight is 267 g/mol. The Labute approximate surface area is 97.1 Å². The number of carboxylic acid groups (broad SMARTS) is 1. The number of hydrogen-bond acceptors (Lipinski definition) is 1. The van der Waals surface area contributed by atoms with E-state index in [1.807, 2.05) is 31.2 Å². The number of carboxylic acids is 1. The predicted octanol–water partition coefficient (Wildman–Crippen LogP) is 3.37. The van der Waals surface area contributed by atoms with Gasteiger partial charge in [-0.15, -0.1) is 0 Å². The van der Waals surface area contributed by atoms with Crippen molar-refractivity contribution in [2.45, 2.75) is 6.92 Å². The number of hydrogen-bond donors (Lipinski definition) is 1. The van der Waals surface area contributed by atoms with E-state index in [0.29, 0.717) is 0 Å². The van der Waals surface area contributed by atoms with Crippen LogP contribution in [0.25, 0.3) is 4.48 Å². The van der Waals surface area contributed by atoms with Crippen molar-refractivity contribution < 1.29 is 9.90 Å². The SMILES string of the molecule is Cc1ccc(/C(Br)=C/C=C/C(=O)O)cc1. The molecule has 0 amide bonds. The minimum Gasteiger partial charge on any atom is -0.478 e. The molecule has 1 N–H and O–H groups in total. The molecule has 0 aliphatic carbocycles. The van der Waals surface area contributed by atoms with Crippen LogP contribution in [-0.4, -0.2) is 11.1 Å². The monoisotopic (exact) mass is 266 g/mol. The topological polar surface area (TPSA) is 37.3 Å². The van der Waals surface area contributed by atoms with Crippen molar-refractivity contribution in [3.8, 4) is 0 Å². The van der Waals surface area contributed by atoms with Crippen LogP contribution in [0.2, 0.25) is 0 Å². The van der Waals surface area contributed by atoms with Gasteiger partial charge in [0, 0.05) is 10.6 Å². The van der Waals surface area contributed by atoms with E-state index >= 15 is 0 Å². The highest BCUT2D eigenvalue weighted by atomic mass is 79.9. The normalized spacial score (nSPS) is 12.0. The molecule has 0 fully saturated rings. The van der Waals surface area contributed by atoms with Gasteiger partial charge in [0.25, 0.3) is 0 Å². The second kappa shape index (κ2) is 5.51. The number of carbonyl (C=O) groups is 1. The smallest absolute Gasteiger partial charge is 0.328 e. The van der Waals surface area contributed by atoms with E-state index in [2.05, 4.69) is 15.9 Å². The molecule has 0 saturated heterocycles. The number of rotatable bonds is 3. The maximum Gasteiger partial charge on any atom is 0.328 e. The van der Waals surface area contributed by atoms with Crippen LogP contribution in [0.3, 0.4) is 0 Å². The van der Waals surface area contributed by atoms with Crippen LogP contribution in [0, 0.1) is 6.92 Å². The Morgan fingerprint density at radius 3 is 2.47 bits per heavy atom. The summed E-state index contributed by atoms with van der Waals surface area (Å²) in [4.78, 5) is 10.2. The Bertz CT molecular complexity index is 402. The number of aliphatic carboxylic acids is 1. The zero-order chi connectivity index (χ0) is 11.3. The van der Waals surface area contributed by atoms with Crippen molar-refractivity contribution in [2.75, 3.05) is 0 Å². The second-order valence-corrected chi connectivity index (χ2v) is 3.93. The van der Waals surface area contributed by atoms with Crippen molar-refractivity contribution in [1.82, 2.24) is 0 Å². The molecule has 3 heteroatoms. The highest BCUT2D eigenvalue weighted by Gasteiger charge is 1.95. The molecule has 0 spiro atoms. The second-order valence-electron chi connectivity index (χ2n) is 3.08. The van der Waals surface area contributed by atoms with E-state index in [1.54, 1.807) is 6.08 Å². The molecule has 2 nitrogen and oxygen atoms in total. The van der Waals surface area contributed by atoms with Crippen LogP contribution >= 0.6 is 15.9 Å². The summed E-state index contributed by atoms with van der Waals surface area (Å²) in [6.07, 6.45) is 4.29. The van der Waals surface area contributed by atoms with E-state index in [-0.39, 0.29) is 0 Å². The van der Waals surface area contributed by atoms with Crippen molar-refractivity contribution in [3.63, 3.8) is 0 Å². The molecular formula is C12H11BrO2. The van der Waals surface area contributed by atoms with Gasteiger partial charge >= 0.3 is 5.97 Å². The molecule has 0 aliphatic heterocycles. The van der Waals surface area contributed by atoms with Crippen molar-refractivity contribution in [2.24, 2.45) is 0 Å². The zero-order valence-corrected chi connectivity index (χ0v) is 9.86. The lowest BCUT2D eigenvalue weighted by atomic mass is 10.1. The van der Waals surface area contributed by atoms with E-state index in [4.69, 9.17) is 5.11 Å². The maximum atomic E-state index is 10.2. The summed E-state index contributed by atoms with van der Waals surface area (Å²) in [5, 5.41) is 8.40. The molecule has 0 saturated carbocycles. The van der Waals surface area contributed by atoms with Gasteiger partial charge in [0.05, 0.1) is 0 Å². The summed E-state index contributed by atoms with van der Waals surface area (Å²) >= 11 is 3.38. The quantitative estimate of drug-likeness (QED) is 0.673. The van der Waals surface area contributed by atoms with Gasteiger partial charge in [-0.3, -0.25) is 0 Å². The molecule has 78 valence electrons. The first-order valence-corrected chi connectivity index (χ1v) is 5.23. The Kier molecular flexibility index (Phi) is 4.31. The largest absolute Gasteiger partial charge is 0.478 e. The summed E-state index contributed by atoms with van der Waals surface area (Å²) in [6, 6.07) is 7.96. The predicted molar refractivity (Wildman–Crippen MR) is 64.9 cm³/mol. The molecule has 1 aromatic carbocycles. The van der Waals surface area contributed by atoms with Crippen LogP contribution in [0.15, 0.2) is 42.5 Å². The zero-order valence-electron chi connectivity index (χ0n) is 8.27. The van der Waals surface area contributed by atoms with Crippen molar-refractivity contribution >= 4 is 26.4 Å². The van der Waals surface area contributed by atoms with Gasteiger partial charge in [-0.05, 0) is 18.6 Å².